The number of rotatable bonds is 4. The normalized spacial score (nSPS) is 14.7. The molecule has 0 radical (unpaired) electrons. The van der Waals surface area contributed by atoms with E-state index in [1.807, 2.05) is 20.8 Å². The largest absolute Gasteiger partial charge is 0.469 e. The minimum Gasteiger partial charge on any atom is -0.469 e. The number of carbonyl (C=O) groups is 1. The van der Waals surface area contributed by atoms with Gasteiger partial charge in [0.2, 0.25) is 0 Å². The summed E-state index contributed by atoms with van der Waals surface area (Å²) in [6.45, 7) is 12.7. The van der Waals surface area contributed by atoms with Crippen LogP contribution in [0, 0.1) is 11.3 Å². The lowest BCUT2D eigenvalue weighted by atomic mass is 9.85. The predicted molar refractivity (Wildman–Crippen MR) is 65.3 cm³/mol. The molecule has 0 saturated carbocycles. The fourth-order valence-corrected chi connectivity index (χ4v) is 1.47. The summed E-state index contributed by atoms with van der Waals surface area (Å²) in [5.41, 5.74) is -0.121. The molecule has 16 heavy (non-hydrogen) atoms. The molecule has 3 nitrogen and oxygen atoms in total. The molecule has 0 aromatic carbocycles. The zero-order valence-corrected chi connectivity index (χ0v) is 11.7. The molecule has 1 atom stereocenters. The number of esters is 1. The van der Waals surface area contributed by atoms with Crippen LogP contribution in [-0.2, 0) is 14.3 Å². The first kappa shape index (κ1) is 15.4. The van der Waals surface area contributed by atoms with E-state index in [0.717, 1.165) is 6.42 Å². The van der Waals surface area contributed by atoms with Crippen molar-refractivity contribution in [1.29, 1.82) is 0 Å². The fourth-order valence-electron chi connectivity index (χ4n) is 1.47. The maximum atomic E-state index is 11.6. The average molecular weight is 230 g/mol. The zero-order valence-electron chi connectivity index (χ0n) is 11.7. The van der Waals surface area contributed by atoms with E-state index in [1.165, 1.54) is 7.11 Å². The standard InChI is InChI=1S/C13H26O3/c1-12(2,3)8-10(11(14)15-7)9-16-13(4,5)6/h10H,8-9H2,1-7H3. The zero-order chi connectivity index (χ0) is 13.0. The molecule has 3 heteroatoms. The molecule has 0 aliphatic rings. The third kappa shape index (κ3) is 7.69. The molecule has 96 valence electrons. The molecule has 0 heterocycles. The monoisotopic (exact) mass is 230 g/mol. The van der Waals surface area contributed by atoms with Crippen molar-refractivity contribution in [3.8, 4) is 0 Å². The maximum absolute atomic E-state index is 11.6. The van der Waals surface area contributed by atoms with E-state index < -0.39 is 0 Å². The molecule has 0 bridgehead atoms. The molecule has 0 aromatic heterocycles. The van der Waals surface area contributed by atoms with Crippen molar-refractivity contribution in [2.45, 2.75) is 53.6 Å². The van der Waals surface area contributed by atoms with Crippen LogP contribution in [0.4, 0.5) is 0 Å². The van der Waals surface area contributed by atoms with E-state index in [4.69, 9.17) is 9.47 Å². The van der Waals surface area contributed by atoms with Gasteiger partial charge in [0.05, 0.1) is 25.2 Å². The van der Waals surface area contributed by atoms with Gasteiger partial charge >= 0.3 is 5.97 Å². The van der Waals surface area contributed by atoms with Gasteiger partial charge in [-0.05, 0) is 32.6 Å². The van der Waals surface area contributed by atoms with Crippen molar-refractivity contribution in [2.24, 2.45) is 11.3 Å². The smallest absolute Gasteiger partial charge is 0.311 e. The highest BCUT2D eigenvalue weighted by Gasteiger charge is 2.27. The quantitative estimate of drug-likeness (QED) is 0.696. The molecule has 0 aliphatic carbocycles. The highest BCUT2D eigenvalue weighted by molar-refractivity contribution is 5.72. The van der Waals surface area contributed by atoms with E-state index in [2.05, 4.69) is 20.8 Å². The van der Waals surface area contributed by atoms with Gasteiger partial charge in [0, 0.05) is 0 Å². The second-order valence-electron chi connectivity index (χ2n) is 6.41. The lowest BCUT2D eigenvalue weighted by molar-refractivity contribution is -0.151. The van der Waals surface area contributed by atoms with E-state index in [1.54, 1.807) is 0 Å². The third-order valence-corrected chi connectivity index (χ3v) is 2.11. The van der Waals surface area contributed by atoms with Crippen LogP contribution in [0.1, 0.15) is 48.0 Å². The maximum Gasteiger partial charge on any atom is 0.311 e. The highest BCUT2D eigenvalue weighted by Crippen LogP contribution is 2.26. The number of hydrogen-bond acceptors (Lipinski definition) is 3. The van der Waals surface area contributed by atoms with Gasteiger partial charge in [-0.15, -0.1) is 0 Å². The average Bonchev–Trinajstić information content (AvgIpc) is 2.07. The molecule has 0 aromatic rings. The topological polar surface area (TPSA) is 35.5 Å². The summed E-state index contributed by atoms with van der Waals surface area (Å²) in [6, 6.07) is 0. The van der Waals surface area contributed by atoms with Gasteiger partial charge < -0.3 is 9.47 Å². The Labute approximate surface area is 99.5 Å². The minimum atomic E-state index is -0.218. The number of carbonyl (C=O) groups excluding carboxylic acids is 1. The molecular formula is C13H26O3. The highest BCUT2D eigenvalue weighted by atomic mass is 16.5. The summed E-state index contributed by atoms with van der Waals surface area (Å²) in [7, 11) is 1.43. The Kier molecular flexibility index (Phi) is 5.47. The van der Waals surface area contributed by atoms with Crippen LogP contribution in [-0.4, -0.2) is 25.3 Å². The van der Waals surface area contributed by atoms with Crippen LogP contribution in [0.25, 0.3) is 0 Å². The van der Waals surface area contributed by atoms with Gasteiger partial charge in [0.1, 0.15) is 0 Å². The second kappa shape index (κ2) is 5.67. The van der Waals surface area contributed by atoms with Gasteiger partial charge in [-0.1, -0.05) is 20.8 Å². The fraction of sp³-hybridized carbons (Fsp3) is 0.923. The van der Waals surface area contributed by atoms with Gasteiger partial charge in [-0.25, -0.2) is 0 Å². The van der Waals surface area contributed by atoms with Crippen molar-refractivity contribution in [3.63, 3.8) is 0 Å². The molecule has 0 N–H and O–H groups in total. The summed E-state index contributed by atoms with van der Waals surface area (Å²) < 4.78 is 10.5. The van der Waals surface area contributed by atoms with Crippen molar-refractivity contribution >= 4 is 5.97 Å². The van der Waals surface area contributed by atoms with Crippen LogP contribution in [0.2, 0.25) is 0 Å². The molecule has 0 spiro atoms. The Morgan fingerprint density at radius 3 is 1.94 bits per heavy atom. The van der Waals surface area contributed by atoms with Gasteiger partial charge in [-0.3, -0.25) is 4.79 Å². The van der Waals surface area contributed by atoms with Crippen molar-refractivity contribution in [3.05, 3.63) is 0 Å². The van der Waals surface area contributed by atoms with E-state index in [-0.39, 0.29) is 22.9 Å². The Morgan fingerprint density at radius 2 is 1.62 bits per heavy atom. The van der Waals surface area contributed by atoms with Gasteiger partial charge in [0.25, 0.3) is 0 Å². The van der Waals surface area contributed by atoms with Gasteiger partial charge in [-0.2, -0.15) is 0 Å². The van der Waals surface area contributed by atoms with E-state index in [9.17, 15) is 4.79 Å². The Hall–Kier alpha value is -0.570. The van der Waals surface area contributed by atoms with Crippen LogP contribution >= 0.6 is 0 Å². The Balaban J connectivity index is 4.40. The van der Waals surface area contributed by atoms with Crippen LogP contribution < -0.4 is 0 Å². The number of methoxy groups -OCH3 is 1. The predicted octanol–water partition coefficient (Wildman–Crippen LogP) is 3.03. The third-order valence-electron chi connectivity index (χ3n) is 2.11. The first-order chi connectivity index (χ1) is 7.05. The molecule has 0 amide bonds. The summed E-state index contributed by atoms with van der Waals surface area (Å²) in [5, 5.41) is 0. The minimum absolute atomic E-state index is 0.0973. The molecule has 1 unspecified atom stereocenters. The lowest BCUT2D eigenvalue weighted by Gasteiger charge is -2.27. The summed E-state index contributed by atoms with van der Waals surface area (Å²) in [4.78, 5) is 11.6. The van der Waals surface area contributed by atoms with Crippen LogP contribution in [0.15, 0.2) is 0 Å². The number of ether oxygens (including phenoxy) is 2. The molecule has 0 saturated heterocycles. The van der Waals surface area contributed by atoms with Crippen LogP contribution in [0.3, 0.4) is 0 Å². The Bertz CT molecular complexity index is 220. The van der Waals surface area contributed by atoms with E-state index >= 15 is 0 Å². The van der Waals surface area contributed by atoms with E-state index in [0.29, 0.717) is 6.61 Å². The second-order valence-corrected chi connectivity index (χ2v) is 6.41. The van der Waals surface area contributed by atoms with Crippen molar-refractivity contribution in [1.82, 2.24) is 0 Å². The SMILES string of the molecule is COC(=O)C(COC(C)(C)C)CC(C)(C)C. The first-order valence-electron chi connectivity index (χ1n) is 5.77. The molecule has 0 fully saturated rings. The summed E-state index contributed by atoms with van der Waals surface area (Å²) in [6.07, 6.45) is 0.774. The first-order valence-corrected chi connectivity index (χ1v) is 5.77. The van der Waals surface area contributed by atoms with Gasteiger partial charge in [0.15, 0.2) is 0 Å². The Morgan fingerprint density at radius 1 is 1.12 bits per heavy atom. The number of hydrogen-bond donors (Lipinski definition) is 0. The summed E-state index contributed by atoms with van der Waals surface area (Å²) in [5.74, 6) is -0.358. The van der Waals surface area contributed by atoms with Crippen molar-refractivity contribution in [2.75, 3.05) is 13.7 Å². The summed E-state index contributed by atoms with van der Waals surface area (Å²) >= 11 is 0. The van der Waals surface area contributed by atoms with Crippen LogP contribution in [0.5, 0.6) is 0 Å². The molecular weight excluding hydrogens is 204 g/mol. The molecule has 0 aliphatic heterocycles. The lowest BCUT2D eigenvalue weighted by Crippen LogP contribution is -2.31. The van der Waals surface area contributed by atoms with Crippen molar-refractivity contribution < 1.29 is 14.3 Å². The molecule has 0 rings (SSSR count).